The van der Waals surface area contributed by atoms with Crippen molar-refractivity contribution in [2.75, 3.05) is 0 Å². The third-order valence-electron chi connectivity index (χ3n) is 0.720. The molecule has 0 saturated carbocycles. The summed E-state index contributed by atoms with van der Waals surface area (Å²) in [4.78, 5) is 10.4. The molecule has 0 fully saturated rings. The number of amides is 1. The van der Waals surface area contributed by atoms with Crippen LogP contribution < -0.4 is 4.72 Å². The van der Waals surface area contributed by atoms with Gasteiger partial charge in [-0.2, -0.15) is 0 Å². The zero-order valence-corrected chi connectivity index (χ0v) is 6.31. The highest BCUT2D eigenvalue weighted by atomic mass is 35.5. The van der Waals surface area contributed by atoms with Crippen LogP contribution in [-0.4, -0.2) is 10.1 Å². The molecule has 1 aliphatic heterocycles. The highest BCUT2D eigenvalue weighted by molar-refractivity contribution is 7.90. The second-order valence-electron chi connectivity index (χ2n) is 1.29. The standard InChI is InChI=1S/C3HCl2NO2S/c4-1-2(5)9(8)6-3(1)7/h(H,6,7). The first-order valence-electron chi connectivity index (χ1n) is 1.91. The molecule has 0 bridgehead atoms. The predicted molar refractivity (Wildman–Crippen MR) is 35.0 cm³/mol. The molecule has 0 aromatic rings. The lowest BCUT2D eigenvalue weighted by Gasteiger charge is -1.84. The van der Waals surface area contributed by atoms with Crippen LogP contribution in [0.15, 0.2) is 9.40 Å². The van der Waals surface area contributed by atoms with Crippen LogP contribution in [0.4, 0.5) is 0 Å². The zero-order valence-electron chi connectivity index (χ0n) is 3.98. The number of carbonyl (C=O) groups is 1. The van der Waals surface area contributed by atoms with E-state index in [0.717, 1.165) is 0 Å². The highest BCUT2D eigenvalue weighted by Gasteiger charge is 2.25. The van der Waals surface area contributed by atoms with Crippen molar-refractivity contribution in [2.45, 2.75) is 0 Å². The van der Waals surface area contributed by atoms with Gasteiger partial charge in [0.25, 0.3) is 5.91 Å². The van der Waals surface area contributed by atoms with Crippen molar-refractivity contribution in [3.05, 3.63) is 9.40 Å². The summed E-state index contributed by atoms with van der Waals surface area (Å²) in [5, 5.41) is -0.185. The fourth-order valence-corrected chi connectivity index (χ4v) is 1.48. The van der Waals surface area contributed by atoms with E-state index in [4.69, 9.17) is 23.2 Å². The van der Waals surface area contributed by atoms with E-state index in [1.54, 1.807) is 0 Å². The van der Waals surface area contributed by atoms with Gasteiger partial charge in [0, 0.05) is 0 Å². The van der Waals surface area contributed by atoms with E-state index < -0.39 is 16.9 Å². The molecule has 0 saturated heterocycles. The molecule has 1 heterocycles. The number of hydrogen-bond acceptors (Lipinski definition) is 2. The molecule has 1 unspecified atom stereocenters. The lowest BCUT2D eigenvalue weighted by Crippen LogP contribution is -2.16. The summed E-state index contributed by atoms with van der Waals surface area (Å²) in [6.07, 6.45) is 0. The van der Waals surface area contributed by atoms with E-state index in [1.165, 1.54) is 0 Å². The maximum absolute atomic E-state index is 10.5. The van der Waals surface area contributed by atoms with E-state index >= 15 is 0 Å². The Morgan fingerprint density at radius 3 is 2.11 bits per heavy atom. The molecular formula is C3HCl2NO2S. The molecule has 0 radical (unpaired) electrons. The molecule has 0 aromatic carbocycles. The third kappa shape index (κ3) is 1.10. The molecule has 1 atom stereocenters. The van der Waals surface area contributed by atoms with Gasteiger partial charge in [-0.3, -0.25) is 9.52 Å². The largest absolute Gasteiger partial charge is 0.276 e. The Hall–Kier alpha value is -0.0600. The minimum Gasteiger partial charge on any atom is -0.267 e. The first-order chi connectivity index (χ1) is 4.13. The Bertz CT molecular complexity index is 202. The van der Waals surface area contributed by atoms with E-state index in [0.29, 0.717) is 0 Å². The van der Waals surface area contributed by atoms with E-state index in [9.17, 15) is 9.00 Å². The zero-order chi connectivity index (χ0) is 7.02. The van der Waals surface area contributed by atoms with E-state index in [-0.39, 0.29) is 9.40 Å². The van der Waals surface area contributed by atoms with Crippen LogP contribution in [0.25, 0.3) is 0 Å². The molecule has 9 heavy (non-hydrogen) atoms. The van der Waals surface area contributed by atoms with Gasteiger partial charge in [-0.15, -0.1) is 0 Å². The van der Waals surface area contributed by atoms with Crippen LogP contribution >= 0.6 is 23.2 Å². The summed E-state index contributed by atoms with van der Waals surface area (Å²) in [6.45, 7) is 0. The van der Waals surface area contributed by atoms with Crippen LogP contribution in [0, 0.1) is 0 Å². The number of nitrogens with one attached hydrogen (secondary N) is 1. The van der Waals surface area contributed by atoms with Crippen molar-refractivity contribution in [2.24, 2.45) is 0 Å². The van der Waals surface area contributed by atoms with Crippen molar-refractivity contribution in [1.82, 2.24) is 4.72 Å². The number of rotatable bonds is 0. The van der Waals surface area contributed by atoms with Crippen molar-refractivity contribution >= 4 is 40.1 Å². The van der Waals surface area contributed by atoms with Crippen LogP contribution in [0.3, 0.4) is 0 Å². The maximum atomic E-state index is 10.5. The molecule has 0 aromatic heterocycles. The SMILES string of the molecule is O=C1NS(=O)C(Cl)=C1Cl. The topological polar surface area (TPSA) is 46.2 Å². The second-order valence-corrected chi connectivity index (χ2v) is 3.42. The Kier molecular flexibility index (Phi) is 1.79. The number of hydrogen-bond donors (Lipinski definition) is 1. The van der Waals surface area contributed by atoms with Gasteiger partial charge in [0.05, 0.1) is 0 Å². The highest BCUT2D eigenvalue weighted by Crippen LogP contribution is 2.21. The molecule has 1 N–H and O–H groups in total. The van der Waals surface area contributed by atoms with Gasteiger partial charge in [-0.05, 0) is 0 Å². The molecule has 6 heteroatoms. The molecule has 1 amide bonds. The minimum absolute atomic E-state index is 0.123. The van der Waals surface area contributed by atoms with E-state index in [2.05, 4.69) is 0 Å². The number of halogens is 2. The molecule has 1 aliphatic rings. The van der Waals surface area contributed by atoms with Gasteiger partial charge in [-0.25, -0.2) is 4.21 Å². The maximum Gasteiger partial charge on any atom is 0.276 e. The van der Waals surface area contributed by atoms with Crippen molar-refractivity contribution in [1.29, 1.82) is 0 Å². The molecule has 0 spiro atoms. The quantitative estimate of drug-likeness (QED) is 0.596. The summed E-state index contributed by atoms with van der Waals surface area (Å²) in [5.41, 5.74) is 0. The van der Waals surface area contributed by atoms with Gasteiger partial charge in [-0.1, -0.05) is 23.2 Å². The first kappa shape index (κ1) is 7.05. The second kappa shape index (κ2) is 2.28. The Morgan fingerprint density at radius 1 is 1.44 bits per heavy atom. The normalized spacial score (nSPS) is 26.9. The van der Waals surface area contributed by atoms with Gasteiger partial charge in [0.1, 0.15) is 9.40 Å². The van der Waals surface area contributed by atoms with Crippen molar-refractivity contribution in [3.63, 3.8) is 0 Å². The summed E-state index contributed by atoms with van der Waals surface area (Å²) >= 11 is 10.5. The van der Waals surface area contributed by atoms with Crippen LogP contribution in [0.1, 0.15) is 0 Å². The first-order valence-corrected chi connectivity index (χ1v) is 3.81. The van der Waals surface area contributed by atoms with Crippen molar-refractivity contribution in [3.8, 4) is 0 Å². The van der Waals surface area contributed by atoms with Crippen LogP contribution in [0.5, 0.6) is 0 Å². The predicted octanol–water partition coefficient (Wildman–Crippen LogP) is 0.427. The summed E-state index contributed by atoms with van der Waals surface area (Å²) in [6, 6.07) is 0. The van der Waals surface area contributed by atoms with Gasteiger partial charge in [0.15, 0.2) is 11.0 Å². The molecule has 50 valence electrons. The summed E-state index contributed by atoms with van der Waals surface area (Å²) in [5.74, 6) is -0.583. The summed E-state index contributed by atoms with van der Waals surface area (Å²) < 4.78 is 12.4. The fraction of sp³-hybridized carbons (Fsp3) is 0. The minimum atomic E-state index is -1.61. The third-order valence-corrected chi connectivity index (χ3v) is 2.80. The Labute approximate surface area is 63.6 Å². The lowest BCUT2D eigenvalue weighted by atomic mass is 10.6. The van der Waals surface area contributed by atoms with Crippen molar-refractivity contribution < 1.29 is 9.00 Å². The Balaban J connectivity index is 3.06. The lowest BCUT2D eigenvalue weighted by molar-refractivity contribution is -0.114. The van der Waals surface area contributed by atoms with Gasteiger partial charge < -0.3 is 0 Å². The molecule has 1 rings (SSSR count). The average molecular weight is 186 g/mol. The Morgan fingerprint density at radius 2 is 2.00 bits per heavy atom. The van der Waals surface area contributed by atoms with E-state index in [1.807, 2.05) is 4.72 Å². The summed E-state index contributed by atoms with van der Waals surface area (Å²) in [7, 11) is -1.61. The van der Waals surface area contributed by atoms with Gasteiger partial charge in [0.2, 0.25) is 0 Å². The van der Waals surface area contributed by atoms with Crippen LogP contribution in [-0.2, 0) is 15.8 Å². The smallest absolute Gasteiger partial charge is 0.267 e. The number of carbonyl (C=O) groups excluding carboxylic acids is 1. The molecule has 3 nitrogen and oxygen atoms in total. The van der Waals surface area contributed by atoms with Crippen LogP contribution in [0.2, 0.25) is 0 Å². The fourth-order valence-electron chi connectivity index (χ4n) is 0.344. The molecular weight excluding hydrogens is 185 g/mol. The molecule has 0 aliphatic carbocycles. The van der Waals surface area contributed by atoms with Gasteiger partial charge >= 0.3 is 0 Å². The average Bonchev–Trinajstić information content (AvgIpc) is 1.98. The monoisotopic (exact) mass is 185 g/mol.